The molecule has 1 heterocycles. The molecule has 124 valence electrons. The van der Waals surface area contributed by atoms with E-state index in [1.807, 2.05) is 19.9 Å². The molecule has 1 saturated carbocycles. The summed E-state index contributed by atoms with van der Waals surface area (Å²) in [5.41, 5.74) is 3.26. The molecule has 24 heavy (non-hydrogen) atoms. The van der Waals surface area contributed by atoms with Crippen LogP contribution in [0, 0.1) is 25.2 Å². The van der Waals surface area contributed by atoms with E-state index < -0.39 is 0 Å². The van der Waals surface area contributed by atoms with Crippen LogP contribution in [0.1, 0.15) is 41.3 Å². The van der Waals surface area contributed by atoms with Gasteiger partial charge in [0.25, 0.3) is 0 Å². The lowest BCUT2D eigenvalue weighted by molar-refractivity contribution is -0.121. The van der Waals surface area contributed by atoms with Crippen LogP contribution in [-0.4, -0.2) is 22.7 Å². The Hall–Kier alpha value is -2.81. The number of nitrogens with one attached hydrogen (secondary N) is 1. The average molecular weight is 324 g/mol. The molecule has 6 heteroatoms. The smallest absolute Gasteiger partial charge is 0.241 e. The van der Waals surface area contributed by atoms with E-state index in [4.69, 9.17) is 10.00 Å². The first-order chi connectivity index (χ1) is 11.5. The summed E-state index contributed by atoms with van der Waals surface area (Å²) in [5.74, 6) is 1.72. The van der Waals surface area contributed by atoms with E-state index >= 15 is 0 Å². The van der Waals surface area contributed by atoms with Gasteiger partial charge in [0.15, 0.2) is 5.75 Å². The molecule has 2 aromatic rings. The Kier molecular flexibility index (Phi) is 4.26. The van der Waals surface area contributed by atoms with Gasteiger partial charge in [0.2, 0.25) is 5.91 Å². The van der Waals surface area contributed by atoms with Crippen LogP contribution in [0.4, 0.5) is 0 Å². The molecule has 1 amide bonds. The SMILES string of the molecule is CNC(=O)Cn1nc(C2CC2)c(Oc2ccc(C#N)c(C)c2)c1C. The molecular formula is C18H20N4O2. The van der Waals surface area contributed by atoms with Crippen LogP contribution in [0.25, 0.3) is 0 Å². The van der Waals surface area contributed by atoms with E-state index in [1.165, 1.54) is 0 Å². The molecule has 0 atom stereocenters. The monoisotopic (exact) mass is 324 g/mol. The highest BCUT2D eigenvalue weighted by Gasteiger charge is 2.32. The van der Waals surface area contributed by atoms with Crippen molar-refractivity contribution < 1.29 is 9.53 Å². The number of hydrogen-bond acceptors (Lipinski definition) is 4. The van der Waals surface area contributed by atoms with Crippen LogP contribution in [0.5, 0.6) is 11.5 Å². The summed E-state index contributed by atoms with van der Waals surface area (Å²) in [5, 5.41) is 16.2. The zero-order chi connectivity index (χ0) is 17.3. The second-order valence-corrected chi connectivity index (χ2v) is 6.10. The first-order valence-electron chi connectivity index (χ1n) is 8.00. The highest BCUT2D eigenvalue weighted by Crippen LogP contribution is 2.45. The van der Waals surface area contributed by atoms with Gasteiger partial charge in [0, 0.05) is 13.0 Å². The van der Waals surface area contributed by atoms with Crippen LogP contribution >= 0.6 is 0 Å². The molecule has 0 saturated heterocycles. The quantitative estimate of drug-likeness (QED) is 0.917. The van der Waals surface area contributed by atoms with Gasteiger partial charge in [-0.25, -0.2) is 0 Å². The number of amides is 1. The minimum Gasteiger partial charge on any atom is -0.453 e. The summed E-state index contributed by atoms with van der Waals surface area (Å²) < 4.78 is 7.79. The minimum absolute atomic E-state index is 0.0938. The Morgan fingerprint density at radius 2 is 2.21 bits per heavy atom. The van der Waals surface area contributed by atoms with Gasteiger partial charge in [0.1, 0.15) is 18.0 Å². The van der Waals surface area contributed by atoms with Gasteiger partial charge in [-0.3, -0.25) is 9.48 Å². The molecule has 1 aliphatic rings. The Morgan fingerprint density at radius 1 is 1.46 bits per heavy atom. The van der Waals surface area contributed by atoms with Gasteiger partial charge in [-0.05, 0) is 50.5 Å². The fourth-order valence-corrected chi connectivity index (χ4v) is 2.61. The number of nitrogens with zero attached hydrogens (tertiary/aromatic N) is 3. The van der Waals surface area contributed by atoms with E-state index in [0.29, 0.717) is 17.2 Å². The summed E-state index contributed by atoms with van der Waals surface area (Å²) >= 11 is 0. The van der Waals surface area contributed by atoms with Crippen LogP contribution in [0.2, 0.25) is 0 Å². The summed E-state index contributed by atoms with van der Waals surface area (Å²) in [7, 11) is 1.61. The maximum absolute atomic E-state index is 11.7. The lowest BCUT2D eigenvalue weighted by atomic mass is 10.1. The Bertz CT molecular complexity index is 828. The molecule has 1 aromatic heterocycles. The molecule has 6 nitrogen and oxygen atoms in total. The first-order valence-corrected chi connectivity index (χ1v) is 8.00. The number of aryl methyl sites for hydroxylation is 1. The average Bonchev–Trinajstić information content (AvgIpc) is 3.37. The number of carbonyl (C=O) groups excluding carboxylic acids is 1. The van der Waals surface area contributed by atoms with Crippen molar-refractivity contribution in [2.75, 3.05) is 7.05 Å². The van der Waals surface area contributed by atoms with Gasteiger partial charge in [0.05, 0.1) is 17.3 Å². The molecule has 1 aliphatic carbocycles. The molecule has 0 radical (unpaired) electrons. The molecule has 0 aliphatic heterocycles. The third-order valence-corrected chi connectivity index (χ3v) is 4.25. The van der Waals surface area contributed by atoms with E-state index in [9.17, 15) is 4.79 Å². The third kappa shape index (κ3) is 3.11. The Morgan fingerprint density at radius 3 is 2.79 bits per heavy atom. The van der Waals surface area contributed by atoms with Crippen molar-refractivity contribution >= 4 is 5.91 Å². The summed E-state index contributed by atoms with van der Waals surface area (Å²) in [6, 6.07) is 7.55. The number of benzene rings is 1. The van der Waals surface area contributed by atoms with Gasteiger partial charge < -0.3 is 10.1 Å². The molecule has 3 rings (SSSR count). The minimum atomic E-state index is -0.0938. The molecule has 0 unspecified atom stereocenters. The Labute approximate surface area is 141 Å². The van der Waals surface area contributed by atoms with Gasteiger partial charge >= 0.3 is 0 Å². The third-order valence-electron chi connectivity index (χ3n) is 4.25. The lowest BCUT2D eigenvalue weighted by Crippen LogP contribution is -2.24. The highest BCUT2D eigenvalue weighted by atomic mass is 16.5. The summed E-state index contributed by atoms with van der Waals surface area (Å²) in [6.45, 7) is 3.97. The fraction of sp³-hybridized carbons (Fsp3) is 0.389. The Balaban J connectivity index is 1.93. The topological polar surface area (TPSA) is 79.9 Å². The van der Waals surface area contributed by atoms with E-state index in [1.54, 1.807) is 23.9 Å². The normalized spacial score (nSPS) is 13.4. The highest BCUT2D eigenvalue weighted by molar-refractivity contribution is 5.75. The summed E-state index contributed by atoms with van der Waals surface area (Å²) in [4.78, 5) is 11.7. The van der Waals surface area contributed by atoms with Crippen molar-refractivity contribution in [3.8, 4) is 17.6 Å². The maximum Gasteiger partial charge on any atom is 0.241 e. The van der Waals surface area contributed by atoms with Crippen LogP contribution in [0.3, 0.4) is 0 Å². The molecular weight excluding hydrogens is 304 g/mol. The number of ether oxygens (including phenoxy) is 1. The number of nitriles is 1. The van der Waals surface area contributed by atoms with Crippen molar-refractivity contribution in [1.82, 2.24) is 15.1 Å². The first kappa shape index (κ1) is 16.1. The van der Waals surface area contributed by atoms with Crippen molar-refractivity contribution in [3.63, 3.8) is 0 Å². The number of carbonyl (C=O) groups is 1. The zero-order valence-electron chi connectivity index (χ0n) is 14.1. The van der Waals surface area contributed by atoms with Crippen LogP contribution < -0.4 is 10.1 Å². The lowest BCUT2D eigenvalue weighted by Gasteiger charge is -2.09. The number of hydrogen-bond donors (Lipinski definition) is 1. The summed E-state index contributed by atoms with van der Waals surface area (Å²) in [6.07, 6.45) is 2.19. The molecule has 1 N–H and O–H groups in total. The molecule has 1 aromatic carbocycles. The second kappa shape index (κ2) is 6.36. The maximum atomic E-state index is 11.7. The predicted octanol–water partition coefficient (Wildman–Crippen LogP) is 2.79. The fourth-order valence-electron chi connectivity index (χ4n) is 2.61. The van der Waals surface area contributed by atoms with Crippen molar-refractivity contribution in [3.05, 3.63) is 40.7 Å². The zero-order valence-corrected chi connectivity index (χ0v) is 14.1. The van der Waals surface area contributed by atoms with E-state index in [0.717, 1.165) is 35.5 Å². The molecule has 0 bridgehead atoms. The largest absolute Gasteiger partial charge is 0.453 e. The predicted molar refractivity (Wildman–Crippen MR) is 89.0 cm³/mol. The van der Waals surface area contributed by atoms with Crippen LogP contribution in [-0.2, 0) is 11.3 Å². The van der Waals surface area contributed by atoms with Crippen molar-refractivity contribution in [2.24, 2.45) is 0 Å². The standard InChI is InChI=1S/C18H20N4O2/c1-11-8-15(7-6-14(11)9-19)24-18-12(2)22(10-16(23)20-3)21-17(18)13-4-5-13/h6-8,13H,4-5,10H2,1-3H3,(H,20,23). The number of likely N-dealkylation sites (N-methyl/N-ethyl adjacent to an activating group) is 1. The number of rotatable bonds is 5. The van der Waals surface area contributed by atoms with E-state index in [2.05, 4.69) is 16.5 Å². The van der Waals surface area contributed by atoms with Gasteiger partial charge in [-0.2, -0.15) is 10.4 Å². The van der Waals surface area contributed by atoms with Crippen LogP contribution in [0.15, 0.2) is 18.2 Å². The van der Waals surface area contributed by atoms with Gasteiger partial charge in [-0.1, -0.05) is 0 Å². The molecule has 0 spiro atoms. The van der Waals surface area contributed by atoms with Crippen molar-refractivity contribution in [2.45, 2.75) is 39.2 Å². The second-order valence-electron chi connectivity index (χ2n) is 6.10. The molecule has 1 fully saturated rings. The van der Waals surface area contributed by atoms with Gasteiger partial charge in [-0.15, -0.1) is 0 Å². The van der Waals surface area contributed by atoms with Crippen molar-refractivity contribution in [1.29, 1.82) is 5.26 Å². The van der Waals surface area contributed by atoms with E-state index in [-0.39, 0.29) is 12.5 Å². The number of aromatic nitrogens is 2.